The zero-order valence-corrected chi connectivity index (χ0v) is 14.4. The number of halogens is 1. The maximum absolute atomic E-state index is 5.87. The molecular weight excluding hydrogens is 397 g/mol. The third kappa shape index (κ3) is 3.33. The SMILES string of the molecule is CCNC(c1ccccc1)c1nnc(-c2csc(I)c2)o1. The van der Waals surface area contributed by atoms with E-state index >= 15 is 0 Å². The Bertz CT molecular complexity index is 711. The van der Waals surface area contributed by atoms with Crippen molar-refractivity contribution in [2.75, 3.05) is 6.54 Å². The molecule has 0 fully saturated rings. The Morgan fingerprint density at radius 2 is 2.10 bits per heavy atom. The van der Waals surface area contributed by atoms with Gasteiger partial charge in [-0.2, -0.15) is 0 Å². The molecule has 1 aromatic carbocycles. The van der Waals surface area contributed by atoms with Crippen LogP contribution < -0.4 is 5.32 Å². The average molecular weight is 411 g/mol. The van der Waals surface area contributed by atoms with E-state index in [9.17, 15) is 0 Å². The van der Waals surface area contributed by atoms with Crippen molar-refractivity contribution in [1.29, 1.82) is 0 Å². The van der Waals surface area contributed by atoms with E-state index in [1.165, 1.54) is 2.88 Å². The van der Waals surface area contributed by atoms with Crippen LogP contribution in [-0.4, -0.2) is 16.7 Å². The van der Waals surface area contributed by atoms with E-state index in [-0.39, 0.29) is 6.04 Å². The predicted octanol–water partition coefficient (Wildman–Crippen LogP) is 4.10. The standard InChI is InChI=1S/C15H14IN3OS/c1-2-17-13(10-6-4-3-5-7-10)15-19-18-14(20-15)11-8-12(16)21-9-11/h3-9,13,17H,2H2,1H3. The normalized spacial score (nSPS) is 12.5. The summed E-state index contributed by atoms with van der Waals surface area (Å²) in [5, 5.41) is 13.8. The van der Waals surface area contributed by atoms with Crippen molar-refractivity contribution in [2.45, 2.75) is 13.0 Å². The van der Waals surface area contributed by atoms with E-state index in [1.807, 2.05) is 29.6 Å². The van der Waals surface area contributed by atoms with Gasteiger partial charge in [0.15, 0.2) is 0 Å². The minimum atomic E-state index is -0.0739. The first-order valence-electron chi connectivity index (χ1n) is 6.64. The van der Waals surface area contributed by atoms with Crippen LogP contribution in [0.15, 0.2) is 46.2 Å². The summed E-state index contributed by atoms with van der Waals surface area (Å²) in [6.45, 7) is 2.89. The van der Waals surface area contributed by atoms with Crippen LogP contribution in [0.1, 0.15) is 24.4 Å². The second-order valence-electron chi connectivity index (χ2n) is 4.49. The Labute approximate surface area is 140 Å². The molecule has 4 nitrogen and oxygen atoms in total. The fraction of sp³-hybridized carbons (Fsp3) is 0.200. The smallest absolute Gasteiger partial charge is 0.248 e. The molecule has 21 heavy (non-hydrogen) atoms. The van der Waals surface area contributed by atoms with Crippen LogP contribution in [0.5, 0.6) is 0 Å². The quantitative estimate of drug-likeness (QED) is 0.643. The molecule has 0 saturated carbocycles. The Morgan fingerprint density at radius 1 is 1.29 bits per heavy atom. The van der Waals surface area contributed by atoms with E-state index in [2.05, 4.69) is 57.2 Å². The second-order valence-corrected chi connectivity index (χ2v) is 7.29. The van der Waals surface area contributed by atoms with E-state index in [0.29, 0.717) is 11.8 Å². The van der Waals surface area contributed by atoms with E-state index in [1.54, 1.807) is 11.3 Å². The van der Waals surface area contributed by atoms with Crippen molar-refractivity contribution in [3.63, 3.8) is 0 Å². The van der Waals surface area contributed by atoms with Gasteiger partial charge in [0.2, 0.25) is 11.8 Å². The zero-order chi connectivity index (χ0) is 14.7. The highest BCUT2D eigenvalue weighted by atomic mass is 127. The summed E-state index contributed by atoms with van der Waals surface area (Å²) in [4.78, 5) is 0. The maximum Gasteiger partial charge on any atom is 0.248 e. The molecule has 6 heteroatoms. The molecule has 108 valence electrons. The number of benzene rings is 1. The van der Waals surface area contributed by atoms with Crippen LogP contribution in [0, 0.1) is 2.88 Å². The molecule has 0 saturated heterocycles. The minimum Gasteiger partial charge on any atom is -0.419 e. The Kier molecular flexibility index (Phi) is 4.67. The van der Waals surface area contributed by atoms with Crippen molar-refractivity contribution in [3.8, 4) is 11.5 Å². The Balaban J connectivity index is 1.92. The van der Waals surface area contributed by atoms with Gasteiger partial charge in [-0.25, -0.2) is 0 Å². The first kappa shape index (κ1) is 14.7. The van der Waals surface area contributed by atoms with Gasteiger partial charge in [0.05, 0.1) is 8.45 Å². The molecule has 2 heterocycles. The van der Waals surface area contributed by atoms with Crippen LogP contribution >= 0.6 is 33.9 Å². The monoisotopic (exact) mass is 411 g/mol. The molecule has 0 aliphatic carbocycles. The lowest BCUT2D eigenvalue weighted by atomic mass is 10.1. The lowest BCUT2D eigenvalue weighted by Gasteiger charge is -2.13. The lowest BCUT2D eigenvalue weighted by Crippen LogP contribution is -2.22. The highest BCUT2D eigenvalue weighted by molar-refractivity contribution is 14.1. The van der Waals surface area contributed by atoms with Gasteiger partial charge in [0.25, 0.3) is 0 Å². The lowest BCUT2D eigenvalue weighted by molar-refractivity contribution is 0.444. The fourth-order valence-corrected chi connectivity index (χ4v) is 3.41. The van der Waals surface area contributed by atoms with Gasteiger partial charge in [-0.1, -0.05) is 37.3 Å². The molecule has 3 rings (SSSR count). The topological polar surface area (TPSA) is 51.0 Å². The summed E-state index contributed by atoms with van der Waals surface area (Å²) in [5.74, 6) is 1.17. The molecule has 0 bridgehead atoms. The van der Waals surface area contributed by atoms with Gasteiger partial charge < -0.3 is 9.73 Å². The van der Waals surface area contributed by atoms with E-state index < -0.39 is 0 Å². The van der Waals surface area contributed by atoms with Gasteiger partial charge in [-0.15, -0.1) is 21.5 Å². The fourth-order valence-electron chi connectivity index (χ4n) is 2.09. The molecule has 1 N–H and O–H groups in total. The van der Waals surface area contributed by atoms with E-state index in [0.717, 1.165) is 17.7 Å². The Morgan fingerprint density at radius 3 is 2.76 bits per heavy atom. The minimum absolute atomic E-state index is 0.0739. The van der Waals surface area contributed by atoms with Crippen LogP contribution in [0.4, 0.5) is 0 Å². The molecule has 1 unspecified atom stereocenters. The van der Waals surface area contributed by atoms with Gasteiger partial charge in [0.1, 0.15) is 6.04 Å². The van der Waals surface area contributed by atoms with Crippen molar-refractivity contribution >= 4 is 33.9 Å². The number of aromatic nitrogens is 2. The number of nitrogens with one attached hydrogen (secondary N) is 1. The molecular formula is C15H14IN3OS. The average Bonchev–Trinajstić information content (AvgIpc) is 3.14. The summed E-state index contributed by atoms with van der Waals surface area (Å²) < 4.78 is 7.07. The number of hydrogen-bond donors (Lipinski definition) is 1. The third-order valence-corrected chi connectivity index (χ3v) is 4.83. The van der Waals surface area contributed by atoms with Crippen LogP contribution in [-0.2, 0) is 0 Å². The van der Waals surface area contributed by atoms with Crippen LogP contribution in [0.3, 0.4) is 0 Å². The van der Waals surface area contributed by atoms with Crippen molar-refractivity contribution in [2.24, 2.45) is 0 Å². The molecule has 0 spiro atoms. The summed E-state index contributed by atoms with van der Waals surface area (Å²) in [5.41, 5.74) is 2.10. The van der Waals surface area contributed by atoms with Gasteiger partial charge >= 0.3 is 0 Å². The molecule has 0 aliphatic rings. The number of rotatable bonds is 5. The summed E-state index contributed by atoms with van der Waals surface area (Å²) in [6.07, 6.45) is 0. The first-order chi connectivity index (χ1) is 10.3. The first-order valence-corrected chi connectivity index (χ1v) is 8.60. The third-order valence-electron chi connectivity index (χ3n) is 3.04. The number of thiophene rings is 1. The molecule has 2 aromatic heterocycles. The van der Waals surface area contributed by atoms with Crippen molar-refractivity contribution < 1.29 is 4.42 Å². The predicted molar refractivity (Wildman–Crippen MR) is 92.3 cm³/mol. The van der Waals surface area contributed by atoms with Crippen LogP contribution in [0.25, 0.3) is 11.5 Å². The molecule has 3 aromatic rings. The second kappa shape index (κ2) is 6.67. The molecule has 1 atom stereocenters. The van der Waals surface area contributed by atoms with Crippen molar-refractivity contribution in [1.82, 2.24) is 15.5 Å². The molecule has 0 aliphatic heterocycles. The molecule has 0 radical (unpaired) electrons. The number of nitrogens with zero attached hydrogens (tertiary/aromatic N) is 2. The van der Waals surface area contributed by atoms with Gasteiger partial charge in [0, 0.05) is 5.38 Å². The highest BCUT2D eigenvalue weighted by Gasteiger charge is 2.20. The highest BCUT2D eigenvalue weighted by Crippen LogP contribution is 2.28. The number of hydrogen-bond acceptors (Lipinski definition) is 5. The largest absolute Gasteiger partial charge is 0.419 e. The maximum atomic E-state index is 5.87. The van der Waals surface area contributed by atoms with Crippen LogP contribution in [0.2, 0.25) is 0 Å². The van der Waals surface area contributed by atoms with Gasteiger partial charge in [-0.05, 0) is 40.8 Å². The van der Waals surface area contributed by atoms with E-state index in [4.69, 9.17) is 4.42 Å². The van der Waals surface area contributed by atoms with Crippen molar-refractivity contribution in [3.05, 3.63) is 56.1 Å². The Hall–Kier alpha value is -1.25. The molecule has 0 amide bonds. The zero-order valence-electron chi connectivity index (χ0n) is 11.4. The summed E-state index contributed by atoms with van der Waals surface area (Å²) in [6, 6.07) is 12.1. The van der Waals surface area contributed by atoms with Gasteiger partial charge in [-0.3, -0.25) is 0 Å². The summed E-state index contributed by atoms with van der Waals surface area (Å²) in [7, 11) is 0. The summed E-state index contributed by atoms with van der Waals surface area (Å²) >= 11 is 3.95.